The van der Waals surface area contributed by atoms with Crippen LogP contribution in [0.1, 0.15) is 16.1 Å². The molecule has 104 valence electrons. The maximum Gasteiger partial charge on any atom is 0.237 e. The van der Waals surface area contributed by atoms with Gasteiger partial charge in [-0.05, 0) is 17.5 Å². The van der Waals surface area contributed by atoms with E-state index >= 15 is 0 Å². The fourth-order valence-corrected chi connectivity index (χ4v) is 3.05. The summed E-state index contributed by atoms with van der Waals surface area (Å²) >= 11 is 1.62. The van der Waals surface area contributed by atoms with E-state index in [1.165, 1.54) is 11.1 Å². The molecule has 1 atom stereocenters. The number of nitrogens with one attached hydrogen (secondary N) is 2. The zero-order valence-corrected chi connectivity index (χ0v) is 12.0. The largest absolute Gasteiger partial charge is 0.354 e. The van der Waals surface area contributed by atoms with Crippen molar-refractivity contribution in [2.45, 2.75) is 25.4 Å². The number of fused-ring (bicyclic) bond motifs is 1. The number of amides is 1. The Morgan fingerprint density at radius 2 is 2.25 bits per heavy atom. The summed E-state index contributed by atoms with van der Waals surface area (Å²) in [5.41, 5.74) is 2.56. The molecule has 1 aromatic heterocycles. The number of carbonyl (C=O) groups is 1. The lowest BCUT2D eigenvalue weighted by Gasteiger charge is -2.25. The Morgan fingerprint density at radius 3 is 3.05 bits per heavy atom. The Morgan fingerprint density at radius 1 is 1.40 bits per heavy atom. The molecular formula is C15H17N3OS. The van der Waals surface area contributed by atoms with Gasteiger partial charge in [0, 0.05) is 31.1 Å². The molecule has 1 aliphatic rings. The molecule has 0 radical (unpaired) electrons. The third-order valence-electron chi connectivity index (χ3n) is 3.52. The standard InChI is InChI=1S/C15H17N3OS/c19-15(17-6-5-14-16-7-8-20-14)13-9-11-3-1-2-4-12(11)10-18-13/h1-4,7-8,13,18H,5-6,9-10H2,(H,17,19)/t13-/m1/s1. The lowest BCUT2D eigenvalue weighted by atomic mass is 9.95. The number of thiazole rings is 1. The molecule has 1 aromatic carbocycles. The van der Waals surface area contributed by atoms with Crippen molar-refractivity contribution < 1.29 is 4.79 Å². The highest BCUT2D eigenvalue weighted by molar-refractivity contribution is 7.09. The molecule has 2 heterocycles. The van der Waals surface area contributed by atoms with Crippen molar-refractivity contribution in [3.8, 4) is 0 Å². The summed E-state index contributed by atoms with van der Waals surface area (Å²) in [6, 6.07) is 8.16. The van der Waals surface area contributed by atoms with E-state index in [1.807, 2.05) is 17.5 Å². The van der Waals surface area contributed by atoms with Gasteiger partial charge >= 0.3 is 0 Å². The smallest absolute Gasteiger partial charge is 0.237 e. The van der Waals surface area contributed by atoms with Crippen LogP contribution in [-0.2, 0) is 24.2 Å². The fourth-order valence-electron chi connectivity index (χ4n) is 2.43. The average Bonchev–Trinajstić information content (AvgIpc) is 3.00. The molecule has 4 nitrogen and oxygen atoms in total. The Kier molecular flexibility index (Phi) is 4.08. The van der Waals surface area contributed by atoms with Crippen molar-refractivity contribution in [3.63, 3.8) is 0 Å². The summed E-state index contributed by atoms with van der Waals surface area (Å²) in [6.45, 7) is 1.41. The molecule has 0 saturated carbocycles. The molecule has 3 rings (SSSR count). The van der Waals surface area contributed by atoms with E-state index < -0.39 is 0 Å². The summed E-state index contributed by atoms with van der Waals surface area (Å²) < 4.78 is 0. The maximum atomic E-state index is 12.1. The van der Waals surface area contributed by atoms with Gasteiger partial charge in [-0.25, -0.2) is 4.98 Å². The summed E-state index contributed by atoms with van der Waals surface area (Å²) in [6.07, 6.45) is 3.35. The molecule has 1 amide bonds. The normalized spacial score (nSPS) is 17.5. The molecule has 1 aliphatic heterocycles. The fraction of sp³-hybridized carbons (Fsp3) is 0.333. The summed E-state index contributed by atoms with van der Waals surface area (Å²) in [5.74, 6) is 0.0797. The highest BCUT2D eigenvalue weighted by Gasteiger charge is 2.23. The second kappa shape index (κ2) is 6.15. The van der Waals surface area contributed by atoms with Gasteiger partial charge in [0.15, 0.2) is 0 Å². The minimum Gasteiger partial charge on any atom is -0.354 e. The lowest BCUT2D eigenvalue weighted by Crippen LogP contribution is -2.48. The topological polar surface area (TPSA) is 54.0 Å². The van der Waals surface area contributed by atoms with Gasteiger partial charge in [-0.1, -0.05) is 24.3 Å². The van der Waals surface area contributed by atoms with Crippen molar-refractivity contribution in [2.24, 2.45) is 0 Å². The van der Waals surface area contributed by atoms with Gasteiger partial charge in [-0.15, -0.1) is 11.3 Å². The van der Waals surface area contributed by atoms with Crippen LogP contribution < -0.4 is 10.6 Å². The quantitative estimate of drug-likeness (QED) is 0.896. The first-order valence-corrected chi connectivity index (χ1v) is 7.67. The number of benzene rings is 1. The van der Waals surface area contributed by atoms with E-state index in [4.69, 9.17) is 0 Å². The van der Waals surface area contributed by atoms with Gasteiger partial charge < -0.3 is 10.6 Å². The van der Waals surface area contributed by atoms with Crippen molar-refractivity contribution in [2.75, 3.05) is 6.54 Å². The molecular weight excluding hydrogens is 270 g/mol. The van der Waals surface area contributed by atoms with Gasteiger partial charge in [0.25, 0.3) is 0 Å². The number of carbonyl (C=O) groups excluding carboxylic acids is 1. The molecule has 20 heavy (non-hydrogen) atoms. The van der Waals surface area contributed by atoms with Crippen LogP contribution in [0, 0.1) is 0 Å². The third-order valence-corrected chi connectivity index (χ3v) is 4.36. The predicted octanol–water partition coefficient (Wildman–Crippen LogP) is 1.52. The number of rotatable bonds is 4. The molecule has 0 unspecified atom stereocenters. The highest BCUT2D eigenvalue weighted by atomic mass is 32.1. The van der Waals surface area contributed by atoms with Crippen LogP contribution in [0.4, 0.5) is 0 Å². The van der Waals surface area contributed by atoms with Gasteiger partial charge in [0.05, 0.1) is 11.0 Å². The van der Waals surface area contributed by atoms with E-state index in [9.17, 15) is 4.79 Å². The zero-order valence-electron chi connectivity index (χ0n) is 11.1. The zero-order chi connectivity index (χ0) is 13.8. The van der Waals surface area contributed by atoms with Gasteiger partial charge in [-0.2, -0.15) is 0 Å². The molecule has 2 N–H and O–H groups in total. The summed E-state index contributed by atoms with van der Waals surface area (Å²) in [5, 5.41) is 9.30. The molecule has 0 bridgehead atoms. The minimum atomic E-state index is -0.124. The molecule has 0 spiro atoms. The van der Waals surface area contributed by atoms with Crippen LogP contribution in [0.25, 0.3) is 0 Å². The van der Waals surface area contributed by atoms with Crippen LogP contribution >= 0.6 is 11.3 Å². The van der Waals surface area contributed by atoms with Gasteiger partial charge in [-0.3, -0.25) is 4.79 Å². The highest BCUT2D eigenvalue weighted by Crippen LogP contribution is 2.16. The van der Waals surface area contributed by atoms with Crippen LogP contribution in [0.15, 0.2) is 35.8 Å². The van der Waals surface area contributed by atoms with E-state index in [0.29, 0.717) is 6.54 Å². The molecule has 0 fully saturated rings. The number of hydrogen-bond donors (Lipinski definition) is 2. The summed E-state index contributed by atoms with van der Waals surface area (Å²) in [7, 11) is 0. The molecule has 2 aromatic rings. The first kappa shape index (κ1) is 13.3. The third kappa shape index (κ3) is 3.05. The van der Waals surface area contributed by atoms with Crippen LogP contribution in [0.3, 0.4) is 0 Å². The average molecular weight is 287 g/mol. The molecule has 0 aliphatic carbocycles. The van der Waals surface area contributed by atoms with Crippen molar-refractivity contribution in [1.29, 1.82) is 0 Å². The first-order valence-electron chi connectivity index (χ1n) is 6.79. The van der Waals surface area contributed by atoms with Crippen LogP contribution in [-0.4, -0.2) is 23.5 Å². The minimum absolute atomic E-state index is 0.0797. The molecule has 0 saturated heterocycles. The van der Waals surface area contributed by atoms with Crippen molar-refractivity contribution in [1.82, 2.24) is 15.6 Å². The second-order valence-corrected chi connectivity index (χ2v) is 5.85. The van der Waals surface area contributed by atoms with Crippen molar-refractivity contribution >= 4 is 17.2 Å². The van der Waals surface area contributed by atoms with Crippen LogP contribution in [0.2, 0.25) is 0 Å². The van der Waals surface area contributed by atoms with E-state index in [0.717, 1.165) is 24.4 Å². The Labute approximate surface area is 122 Å². The Balaban J connectivity index is 1.51. The monoisotopic (exact) mass is 287 g/mol. The van der Waals surface area contributed by atoms with Gasteiger partial charge in [0.1, 0.15) is 0 Å². The number of nitrogens with zero attached hydrogens (tertiary/aromatic N) is 1. The number of hydrogen-bond acceptors (Lipinski definition) is 4. The maximum absolute atomic E-state index is 12.1. The number of aromatic nitrogens is 1. The first-order chi connectivity index (χ1) is 9.83. The summed E-state index contributed by atoms with van der Waals surface area (Å²) in [4.78, 5) is 16.4. The van der Waals surface area contributed by atoms with Crippen molar-refractivity contribution in [3.05, 3.63) is 52.0 Å². The predicted molar refractivity (Wildman–Crippen MR) is 79.6 cm³/mol. The van der Waals surface area contributed by atoms with Gasteiger partial charge in [0.2, 0.25) is 5.91 Å². The van der Waals surface area contributed by atoms with E-state index in [-0.39, 0.29) is 11.9 Å². The Hall–Kier alpha value is -1.72. The van der Waals surface area contributed by atoms with Crippen LogP contribution in [0.5, 0.6) is 0 Å². The second-order valence-electron chi connectivity index (χ2n) is 4.87. The lowest BCUT2D eigenvalue weighted by molar-refractivity contribution is -0.123. The van der Waals surface area contributed by atoms with E-state index in [1.54, 1.807) is 17.5 Å². The SMILES string of the molecule is O=C(NCCc1nccs1)[C@H]1Cc2ccccc2CN1. The molecule has 5 heteroatoms. The van der Waals surface area contributed by atoms with E-state index in [2.05, 4.69) is 27.8 Å². The Bertz CT molecular complexity index is 583.